The lowest BCUT2D eigenvalue weighted by atomic mass is 9.94. The van der Waals surface area contributed by atoms with Gasteiger partial charge in [-0.3, -0.25) is 9.47 Å². The van der Waals surface area contributed by atoms with Crippen LogP contribution in [-0.4, -0.2) is 63.3 Å². The predicted octanol–water partition coefficient (Wildman–Crippen LogP) is 2.73. The zero-order chi connectivity index (χ0) is 19.3. The van der Waals surface area contributed by atoms with Gasteiger partial charge in [0.15, 0.2) is 0 Å². The van der Waals surface area contributed by atoms with Crippen LogP contribution in [0.5, 0.6) is 0 Å². The summed E-state index contributed by atoms with van der Waals surface area (Å²) in [5.74, 6) is 0. The number of H-pyrrole nitrogens is 1. The van der Waals surface area contributed by atoms with Gasteiger partial charge >= 0.3 is 11.8 Å². The summed E-state index contributed by atoms with van der Waals surface area (Å²) in [6.45, 7) is 3.83. The number of hydrogen-bond donors (Lipinski definition) is 1. The van der Waals surface area contributed by atoms with Crippen molar-refractivity contribution in [2.45, 2.75) is 63.2 Å². The van der Waals surface area contributed by atoms with Crippen LogP contribution in [0.1, 0.15) is 45.1 Å². The molecule has 1 N–H and O–H groups in total. The van der Waals surface area contributed by atoms with Gasteiger partial charge in [-0.15, -0.1) is 0 Å². The van der Waals surface area contributed by atoms with Crippen LogP contribution in [0.2, 0.25) is 0 Å². The molecule has 7 heteroatoms. The van der Waals surface area contributed by atoms with Crippen LogP contribution < -0.4 is 5.69 Å². The number of ether oxygens (including phenoxy) is 1. The summed E-state index contributed by atoms with van der Waals surface area (Å²) in [6.07, 6.45) is 5.23. The van der Waals surface area contributed by atoms with Crippen molar-refractivity contribution in [2.24, 2.45) is 0 Å². The Morgan fingerprint density at radius 3 is 2.61 bits per heavy atom. The number of fused-ring (bicyclic) bond motifs is 3. The van der Waals surface area contributed by atoms with Crippen LogP contribution in [0.3, 0.4) is 0 Å². The lowest BCUT2D eigenvalue weighted by Crippen LogP contribution is -2.50. The van der Waals surface area contributed by atoms with Crippen LogP contribution in [-0.2, 0) is 4.74 Å². The molecule has 150 valence electrons. The van der Waals surface area contributed by atoms with E-state index in [0.29, 0.717) is 24.7 Å². The number of likely N-dealkylation sites (tertiary alicyclic amines) is 1. The standard InChI is InChI=1S/C21H28N4O3/c1-2-28-21(27)23-10-9-16(13-23)24-14-7-8-15(24)12-17(11-14)25-19-6-4-3-5-18(19)22-20(25)26/h3-6,14-17H,2,7-13H2,1H3,(H,22,26). The highest BCUT2D eigenvalue weighted by Gasteiger charge is 2.46. The predicted molar refractivity (Wildman–Crippen MR) is 106 cm³/mol. The molecular weight excluding hydrogens is 356 g/mol. The van der Waals surface area contributed by atoms with Gasteiger partial charge < -0.3 is 14.6 Å². The van der Waals surface area contributed by atoms with Crippen molar-refractivity contribution in [3.05, 3.63) is 34.7 Å². The summed E-state index contributed by atoms with van der Waals surface area (Å²) < 4.78 is 7.16. The number of para-hydroxylation sites is 2. The monoisotopic (exact) mass is 384 g/mol. The van der Waals surface area contributed by atoms with E-state index in [1.54, 1.807) is 0 Å². The van der Waals surface area contributed by atoms with E-state index in [1.807, 2.05) is 40.7 Å². The molecule has 0 spiro atoms. The molecule has 4 heterocycles. The molecule has 0 aliphatic carbocycles. The van der Waals surface area contributed by atoms with Gasteiger partial charge in [-0.05, 0) is 51.2 Å². The summed E-state index contributed by atoms with van der Waals surface area (Å²) in [4.78, 5) is 32.2. The second-order valence-electron chi connectivity index (χ2n) is 8.36. The number of carbonyl (C=O) groups is 1. The third-order valence-electron chi connectivity index (χ3n) is 6.86. The van der Waals surface area contributed by atoms with Crippen molar-refractivity contribution in [1.82, 2.24) is 19.4 Å². The molecule has 3 saturated heterocycles. The molecule has 2 bridgehead atoms. The minimum Gasteiger partial charge on any atom is -0.450 e. The number of aromatic amines is 1. The Hall–Kier alpha value is -2.28. The summed E-state index contributed by atoms with van der Waals surface area (Å²) in [5.41, 5.74) is 1.94. The van der Waals surface area contributed by atoms with Crippen molar-refractivity contribution in [2.75, 3.05) is 19.7 Å². The number of hydrogen-bond acceptors (Lipinski definition) is 4. The first-order valence-corrected chi connectivity index (χ1v) is 10.5. The summed E-state index contributed by atoms with van der Waals surface area (Å²) in [7, 11) is 0. The molecule has 3 atom stereocenters. The van der Waals surface area contributed by atoms with E-state index in [4.69, 9.17) is 4.74 Å². The van der Waals surface area contributed by atoms with E-state index in [9.17, 15) is 9.59 Å². The van der Waals surface area contributed by atoms with E-state index in [0.717, 1.165) is 43.4 Å². The second-order valence-corrected chi connectivity index (χ2v) is 8.36. The van der Waals surface area contributed by atoms with Gasteiger partial charge in [0.05, 0.1) is 17.6 Å². The lowest BCUT2D eigenvalue weighted by Gasteiger charge is -2.42. The first-order valence-electron chi connectivity index (χ1n) is 10.5. The largest absolute Gasteiger partial charge is 0.450 e. The molecule has 7 nitrogen and oxygen atoms in total. The Bertz CT molecular complexity index is 921. The summed E-state index contributed by atoms with van der Waals surface area (Å²) in [5, 5.41) is 0. The van der Waals surface area contributed by atoms with Gasteiger partial charge in [-0.1, -0.05) is 12.1 Å². The molecule has 3 fully saturated rings. The first-order chi connectivity index (χ1) is 13.7. The number of nitrogens with zero attached hydrogens (tertiary/aromatic N) is 3. The van der Waals surface area contributed by atoms with E-state index >= 15 is 0 Å². The third kappa shape index (κ3) is 2.83. The number of nitrogens with one attached hydrogen (secondary N) is 1. The Balaban J connectivity index is 1.34. The molecule has 0 radical (unpaired) electrons. The van der Waals surface area contributed by atoms with E-state index in [2.05, 4.69) is 9.88 Å². The Morgan fingerprint density at radius 2 is 1.86 bits per heavy atom. The minimum atomic E-state index is -0.183. The average molecular weight is 384 g/mol. The number of rotatable bonds is 3. The van der Waals surface area contributed by atoms with Gasteiger partial charge in [0, 0.05) is 37.3 Å². The van der Waals surface area contributed by atoms with Crippen molar-refractivity contribution in [3.63, 3.8) is 0 Å². The fourth-order valence-corrected chi connectivity index (χ4v) is 5.79. The minimum absolute atomic E-state index is 0.00778. The molecule has 1 amide bonds. The van der Waals surface area contributed by atoms with Crippen LogP contribution in [0, 0.1) is 0 Å². The zero-order valence-corrected chi connectivity index (χ0v) is 16.3. The Morgan fingerprint density at radius 1 is 1.11 bits per heavy atom. The number of imidazole rings is 1. The molecule has 3 unspecified atom stereocenters. The van der Waals surface area contributed by atoms with Gasteiger partial charge in [0.25, 0.3) is 0 Å². The average Bonchev–Trinajstić information content (AvgIpc) is 3.35. The molecular formula is C21H28N4O3. The van der Waals surface area contributed by atoms with Gasteiger partial charge in [0.2, 0.25) is 0 Å². The number of piperidine rings is 1. The van der Waals surface area contributed by atoms with E-state index in [-0.39, 0.29) is 17.8 Å². The molecule has 1 aromatic carbocycles. The van der Waals surface area contributed by atoms with E-state index in [1.165, 1.54) is 12.8 Å². The van der Waals surface area contributed by atoms with Crippen molar-refractivity contribution >= 4 is 17.1 Å². The number of aromatic nitrogens is 2. The van der Waals surface area contributed by atoms with Crippen molar-refractivity contribution in [3.8, 4) is 0 Å². The number of amides is 1. The molecule has 28 heavy (non-hydrogen) atoms. The maximum atomic E-state index is 12.6. The fraction of sp³-hybridized carbons (Fsp3) is 0.619. The Labute approximate surface area is 164 Å². The lowest BCUT2D eigenvalue weighted by molar-refractivity contribution is 0.0620. The topological polar surface area (TPSA) is 70.6 Å². The fourth-order valence-electron chi connectivity index (χ4n) is 5.79. The second kappa shape index (κ2) is 6.95. The van der Waals surface area contributed by atoms with Gasteiger partial charge in [-0.2, -0.15) is 0 Å². The molecule has 2 aromatic rings. The molecule has 5 rings (SSSR count). The highest BCUT2D eigenvalue weighted by molar-refractivity contribution is 5.75. The zero-order valence-electron chi connectivity index (χ0n) is 16.3. The summed E-state index contributed by atoms with van der Waals surface area (Å²) >= 11 is 0. The molecule has 3 aliphatic heterocycles. The van der Waals surface area contributed by atoms with Crippen LogP contribution in [0.25, 0.3) is 11.0 Å². The highest BCUT2D eigenvalue weighted by Crippen LogP contribution is 2.43. The van der Waals surface area contributed by atoms with Crippen LogP contribution in [0.4, 0.5) is 4.79 Å². The van der Waals surface area contributed by atoms with Gasteiger partial charge in [0.1, 0.15) is 0 Å². The number of benzene rings is 1. The maximum absolute atomic E-state index is 12.6. The van der Waals surface area contributed by atoms with Crippen LogP contribution in [0.15, 0.2) is 29.1 Å². The number of carbonyl (C=O) groups excluding carboxylic acids is 1. The quantitative estimate of drug-likeness (QED) is 0.883. The van der Waals surface area contributed by atoms with E-state index < -0.39 is 0 Å². The maximum Gasteiger partial charge on any atom is 0.409 e. The first kappa shape index (κ1) is 17.8. The normalized spacial score (nSPS) is 30.2. The Kier molecular flexibility index (Phi) is 4.42. The summed E-state index contributed by atoms with van der Waals surface area (Å²) in [6, 6.07) is 9.63. The molecule has 1 aromatic heterocycles. The van der Waals surface area contributed by atoms with Crippen molar-refractivity contribution in [1.29, 1.82) is 0 Å². The van der Waals surface area contributed by atoms with Gasteiger partial charge in [-0.25, -0.2) is 9.59 Å². The smallest absolute Gasteiger partial charge is 0.409 e. The molecule has 3 aliphatic rings. The van der Waals surface area contributed by atoms with Crippen LogP contribution >= 0.6 is 0 Å². The highest BCUT2D eigenvalue weighted by atomic mass is 16.6. The molecule has 0 saturated carbocycles. The SMILES string of the molecule is CCOC(=O)N1CCC(N2C3CCC2CC(n2c(=O)[nH]c4ccccc42)C3)C1. The van der Waals surface area contributed by atoms with Crippen molar-refractivity contribution < 1.29 is 9.53 Å². The third-order valence-corrected chi connectivity index (χ3v) is 6.86.